The van der Waals surface area contributed by atoms with E-state index in [9.17, 15) is 5.11 Å². The predicted octanol–water partition coefficient (Wildman–Crippen LogP) is 1.91. The number of hydrogen-bond donors (Lipinski definition) is 1. The second-order valence-electron chi connectivity index (χ2n) is 8.15. The molecule has 0 bridgehead atoms. The number of aromatic nitrogens is 2. The van der Waals surface area contributed by atoms with E-state index >= 15 is 0 Å². The first-order valence-corrected chi connectivity index (χ1v) is 11.1. The normalized spacial score (nSPS) is 16.8. The van der Waals surface area contributed by atoms with Crippen molar-refractivity contribution in [3.05, 3.63) is 48.0 Å². The Kier molecular flexibility index (Phi) is 8.69. The number of imidazole rings is 1. The van der Waals surface area contributed by atoms with Crippen LogP contribution in [0.15, 0.2) is 36.7 Å². The zero-order valence-electron chi connectivity index (χ0n) is 18.7. The number of rotatable bonds is 11. The zero-order chi connectivity index (χ0) is 21.3. The van der Waals surface area contributed by atoms with E-state index in [2.05, 4.69) is 57.3 Å². The highest BCUT2D eigenvalue weighted by atomic mass is 16.5. The van der Waals surface area contributed by atoms with Gasteiger partial charge < -0.3 is 19.3 Å². The summed E-state index contributed by atoms with van der Waals surface area (Å²) in [6.45, 7) is 13.2. The summed E-state index contributed by atoms with van der Waals surface area (Å²) in [5, 5.41) is 10.4. The quantitative estimate of drug-likeness (QED) is 0.605. The highest BCUT2D eigenvalue weighted by molar-refractivity contribution is 5.28. The summed E-state index contributed by atoms with van der Waals surface area (Å²) in [5.74, 6) is 1.89. The molecule has 1 aliphatic rings. The van der Waals surface area contributed by atoms with Gasteiger partial charge >= 0.3 is 0 Å². The van der Waals surface area contributed by atoms with Crippen molar-refractivity contribution in [2.75, 3.05) is 52.9 Å². The number of aliphatic hydroxyl groups excluding tert-OH is 1. The van der Waals surface area contributed by atoms with Crippen LogP contribution in [0.4, 0.5) is 0 Å². The third-order valence-electron chi connectivity index (χ3n) is 5.73. The minimum absolute atomic E-state index is 0.321. The van der Waals surface area contributed by atoms with E-state index in [0.29, 0.717) is 13.2 Å². The molecule has 0 unspecified atom stereocenters. The Morgan fingerprint density at radius 3 is 2.60 bits per heavy atom. The molecule has 1 aromatic heterocycles. The Labute approximate surface area is 180 Å². The van der Waals surface area contributed by atoms with E-state index in [0.717, 1.165) is 63.9 Å². The fourth-order valence-corrected chi connectivity index (χ4v) is 3.95. The minimum Gasteiger partial charge on any atom is -0.491 e. The van der Waals surface area contributed by atoms with Crippen LogP contribution in [0.25, 0.3) is 0 Å². The van der Waals surface area contributed by atoms with Crippen LogP contribution in [0.1, 0.15) is 25.2 Å². The molecule has 2 aromatic rings. The molecule has 1 aliphatic heterocycles. The lowest BCUT2D eigenvalue weighted by Crippen LogP contribution is -2.49. The number of aryl methyl sites for hydroxylation is 1. The molecule has 0 saturated carbocycles. The minimum atomic E-state index is -0.475. The number of aliphatic hydroxyl groups is 1. The molecule has 30 heavy (non-hydrogen) atoms. The number of likely N-dealkylation sites (N-methyl/N-ethyl adjacent to an activating group) is 1. The second-order valence-corrected chi connectivity index (χ2v) is 8.15. The van der Waals surface area contributed by atoms with E-state index in [-0.39, 0.29) is 0 Å². The van der Waals surface area contributed by atoms with Crippen molar-refractivity contribution < 1.29 is 9.84 Å². The van der Waals surface area contributed by atoms with Gasteiger partial charge in [-0.15, -0.1) is 0 Å². The molecule has 1 saturated heterocycles. The molecule has 1 atom stereocenters. The van der Waals surface area contributed by atoms with Crippen molar-refractivity contribution in [2.45, 2.75) is 39.6 Å². The van der Waals surface area contributed by atoms with Gasteiger partial charge in [-0.1, -0.05) is 19.1 Å². The van der Waals surface area contributed by atoms with E-state index in [4.69, 9.17) is 4.74 Å². The van der Waals surface area contributed by atoms with Crippen LogP contribution in [-0.2, 0) is 19.6 Å². The summed E-state index contributed by atoms with van der Waals surface area (Å²) in [6.07, 6.45) is 3.40. The van der Waals surface area contributed by atoms with Gasteiger partial charge in [-0.2, -0.15) is 0 Å². The third kappa shape index (κ3) is 6.80. The van der Waals surface area contributed by atoms with Gasteiger partial charge in [0.25, 0.3) is 0 Å². The summed E-state index contributed by atoms with van der Waals surface area (Å²) in [5.41, 5.74) is 1.19. The number of nitrogens with zero attached hydrogens (tertiary/aromatic N) is 5. The molecule has 7 heteroatoms. The molecule has 2 heterocycles. The standard InChI is InChI=1S/C23H37N5O2/c1-4-26-11-13-27(14-12-26)17-21(29)19-30-22-8-6-7-20(15-22)16-25(3)18-23-24-9-10-28(23)5-2/h6-10,15,21,29H,4-5,11-14,16-19H2,1-3H3/t21-/m1/s1. The van der Waals surface area contributed by atoms with Gasteiger partial charge in [-0.3, -0.25) is 9.80 Å². The Morgan fingerprint density at radius 1 is 1.10 bits per heavy atom. The molecule has 0 amide bonds. The first-order valence-electron chi connectivity index (χ1n) is 11.1. The summed E-state index contributed by atoms with van der Waals surface area (Å²) < 4.78 is 8.06. The maximum Gasteiger partial charge on any atom is 0.122 e. The average Bonchev–Trinajstić information content (AvgIpc) is 3.20. The molecule has 1 aromatic carbocycles. The van der Waals surface area contributed by atoms with Crippen LogP contribution >= 0.6 is 0 Å². The summed E-state index contributed by atoms with van der Waals surface area (Å²) in [7, 11) is 2.10. The highest BCUT2D eigenvalue weighted by Gasteiger charge is 2.18. The lowest BCUT2D eigenvalue weighted by Gasteiger charge is -2.34. The summed E-state index contributed by atoms with van der Waals surface area (Å²) in [6, 6.07) is 8.15. The van der Waals surface area contributed by atoms with Crippen LogP contribution in [-0.4, -0.2) is 88.4 Å². The smallest absolute Gasteiger partial charge is 0.122 e. The van der Waals surface area contributed by atoms with Crippen LogP contribution in [0.2, 0.25) is 0 Å². The van der Waals surface area contributed by atoms with Gasteiger partial charge in [0.2, 0.25) is 0 Å². The molecular formula is C23H37N5O2. The molecule has 0 aliphatic carbocycles. The number of β-amino-alcohol motifs (C(OH)–C–C–N with tert-alkyl or cyclic N) is 1. The third-order valence-corrected chi connectivity index (χ3v) is 5.73. The van der Waals surface area contributed by atoms with Crippen LogP contribution in [0.5, 0.6) is 5.75 Å². The zero-order valence-corrected chi connectivity index (χ0v) is 18.7. The molecule has 3 rings (SSSR count). The van der Waals surface area contributed by atoms with Gasteiger partial charge in [-0.05, 0) is 38.2 Å². The first-order chi connectivity index (χ1) is 14.6. The Morgan fingerprint density at radius 2 is 1.87 bits per heavy atom. The Bertz CT molecular complexity index is 758. The van der Waals surface area contributed by atoms with Gasteiger partial charge in [-0.25, -0.2) is 4.98 Å². The SMILES string of the molecule is CCN1CCN(C[C@@H](O)COc2cccc(CN(C)Cc3nccn3CC)c2)CC1. The van der Waals surface area contributed by atoms with Crippen molar-refractivity contribution >= 4 is 0 Å². The van der Waals surface area contributed by atoms with Crippen LogP contribution in [0.3, 0.4) is 0 Å². The fourth-order valence-electron chi connectivity index (χ4n) is 3.95. The van der Waals surface area contributed by atoms with E-state index in [1.165, 1.54) is 5.56 Å². The van der Waals surface area contributed by atoms with Gasteiger partial charge in [0.1, 0.15) is 24.3 Å². The summed E-state index contributed by atoms with van der Waals surface area (Å²) in [4.78, 5) is 11.5. The molecular weight excluding hydrogens is 378 g/mol. The lowest BCUT2D eigenvalue weighted by molar-refractivity contribution is 0.0470. The second kappa shape index (κ2) is 11.5. The fraction of sp³-hybridized carbons (Fsp3) is 0.609. The van der Waals surface area contributed by atoms with Crippen LogP contribution < -0.4 is 4.74 Å². The van der Waals surface area contributed by atoms with Gasteiger partial charge in [0, 0.05) is 58.2 Å². The van der Waals surface area contributed by atoms with Crippen molar-refractivity contribution in [2.24, 2.45) is 0 Å². The summed E-state index contributed by atoms with van der Waals surface area (Å²) >= 11 is 0. The monoisotopic (exact) mass is 415 g/mol. The first kappa shape index (κ1) is 22.7. The Hall–Kier alpha value is -1.93. The number of piperazine rings is 1. The molecule has 7 nitrogen and oxygen atoms in total. The molecule has 0 spiro atoms. The number of benzene rings is 1. The molecule has 0 radical (unpaired) electrons. The lowest BCUT2D eigenvalue weighted by atomic mass is 10.2. The van der Waals surface area contributed by atoms with Crippen molar-refractivity contribution in [1.29, 1.82) is 0 Å². The van der Waals surface area contributed by atoms with Crippen molar-refractivity contribution in [1.82, 2.24) is 24.3 Å². The largest absolute Gasteiger partial charge is 0.491 e. The highest BCUT2D eigenvalue weighted by Crippen LogP contribution is 2.16. The van der Waals surface area contributed by atoms with E-state index in [1.807, 2.05) is 24.5 Å². The maximum atomic E-state index is 10.4. The predicted molar refractivity (Wildman–Crippen MR) is 120 cm³/mol. The number of hydrogen-bond acceptors (Lipinski definition) is 6. The van der Waals surface area contributed by atoms with Crippen molar-refractivity contribution in [3.63, 3.8) is 0 Å². The van der Waals surface area contributed by atoms with Crippen molar-refractivity contribution in [3.8, 4) is 5.75 Å². The van der Waals surface area contributed by atoms with Gasteiger partial charge in [0.05, 0.1) is 6.54 Å². The average molecular weight is 416 g/mol. The van der Waals surface area contributed by atoms with E-state index in [1.54, 1.807) is 0 Å². The topological polar surface area (TPSA) is 57.0 Å². The molecule has 1 N–H and O–H groups in total. The maximum absolute atomic E-state index is 10.4. The van der Waals surface area contributed by atoms with E-state index < -0.39 is 6.10 Å². The molecule has 1 fully saturated rings. The van der Waals surface area contributed by atoms with Gasteiger partial charge in [0.15, 0.2) is 0 Å². The van der Waals surface area contributed by atoms with Crippen LogP contribution in [0, 0.1) is 0 Å². The number of ether oxygens (including phenoxy) is 1. The molecule has 166 valence electrons. The Balaban J connectivity index is 1.43.